The molecule has 0 unspecified atom stereocenters. The van der Waals surface area contributed by atoms with Crippen LogP contribution in [0.2, 0.25) is 0 Å². The minimum absolute atomic E-state index is 0.517. The maximum atomic E-state index is 9.86. The summed E-state index contributed by atoms with van der Waals surface area (Å²) in [4.78, 5) is 12.7. The second-order valence-corrected chi connectivity index (χ2v) is 2.17. The highest BCUT2D eigenvalue weighted by Crippen LogP contribution is 1.93. The Hall–Kier alpha value is -1.09. The minimum atomic E-state index is 0.517. The zero-order chi connectivity index (χ0) is 9.23. The number of aromatic nitrogens is 1. The topological polar surface area (TPSA) is 42.1 Å². The van der Waals surface area contributed by atoms with Gasteiger partial charge in [-0.2, -0.15) is 0 Å². The number of hydrogen-bond acceptors (Lipinski definition) is 2. The molecule has 1 heterocycles. The second-order valence-electron chi connectivity index (χ2n) is 2.17. The third-order valence-corrected chi connectivity index (χ3v) is 1.27. The predicted molar refractivity (Wildman–Crippen MR) is 48.1 cm³/mol. The van der Waals surface area contributed by atoms with Crippen LogP contribution in [0.4, 0.5) is 0 Å². The largest absolute Gasteiger partial charge is 0.385 e. The molecule has 0 spiro atoms. The van der Waals surface area contributed by atoms with Gasteiger partial charge in [-0.15, -0.1) is 0 Å². The van der Waals surface area contributed by atoms with Crippen LogP contribution in [-0.4, -0.2) is 25.0 Å². The van der Waals surface area contributed by atoms with Crippen LogP contribution in [0.15, 0.2) is 18.5 Å². The number of carbonyl (C=O) groups is 1. The van der Waals surface area contributed by atoms with Crippen LogP contribution in [0.3, 0.4) is 0 Å². The molecule has 1 rings (SSSR count). The fourth-order valence-electron chi connectivity index (χ4n) is 0.582. The van der Waals surface area contributed by atoms with Gasteiger partial charge in [0.1, 0.15) is 6.29 Å². The molecule has 0 bridgehead atoms. The van der Waals surface area contributed by atoms with Gasteiger partial charge in [0, 0.05) is 32.5 Å². The molecule has 1 aromatic heterocycles. The standard InChI is InChI=1S/C6H7NO.C3H8O/c8-4-2-6-1-3-7-5-6;1-3-4-2/h1,3-5,7H,2H2;3H2,1-2H3. The number of H-pyrrole nitrogens is 1. The van der Waals surface area contributed by atoms with Crippen molar-refractivity contribution in [3.8, 4) is 0 Å². The van der Waals surface area contributed by atoms with Gasteiger partial charge in [-0.25, -0.2) is 0 Å². The quantitative estimate of drug-likeness (QED) is 0.695. The van der Waals surface area contributed by atoms with Crippen molar-refractivity contribution >= 4 is 6.29 Å². The molecule has 68 valence electrons. The van der Waals surface area contributed by atoms with E-state index in [0.717, 1.165) is 18.5 Å². The van der Waals surface area contributed by atoms with Crippen LogP contribution in [0, 0.1) is 0 Å². The normalized spacial score (nSPS) is 8.50. The van der Waals surface area contributed by atoms with Gasteiger partial charge < -0.3 is 14.5 Å². The molecule has 0 radical (unpaired) electrons. The van der Waals surface area contributed by atoms with Crippen LogP contribution in [0.1, 0.15) is 12.5 Å². The van der Waals surface area contributed by atoms with Gasteiger partial charge in [-0.1, -0.05) is 0 Å². The molecule has 3 nitrogen and oxygen atoms in total. The fourth-order valence-corrected chi connectivity index (χ4v) is 0.582. The number of carbonyl (C=O) groups excluding carboxylic acids is 1. The molecule has 0 aliphatic carbocycles. The van der Waals surface area contributed by atoms with Crippen molar-refractivity contribution in [2.45, 2.75) is 13.3 Å². The van der Waals surface area contributed by atoms with Crippen LogP contribution < -0.4 is 0 Å². The van der Waals surface area contributed by atoms with E-state index < -0.39 is 0 Å². The van der Waals surface area contributed by atoms with Crippen molar-refractivity contribution in [2.75, 3.05) is 13.7 Å². The lowest BCUT2D eigenvalue weighted by Gasteiger charge is -1.78. The Morgan fingerprint density at radius 1 is 1.67 bits per heavy atom. The molecule has 0 aliphatic rings. The summed E-state index contributed by atoms with van der Waals surface area (Å²) in [7, 11) is 1.68. The number of rotatable bonds is 3. The predicted octanol–water partition coefficient (Wildman–Crippen LogP) is 1.41. The smallest absolute Gasteiger partial charge is 0.124 e. The molecule has 0 atom stereocenters. The third-order valence-electron chi connectivity index (χ3n) is 1.27. The SMILES string of the molecule is CCOC.O=CCc1cc[nH]c1. The lowest BCUT2D eigenvalue weighted by molar-refractivity contribution is -0.107. The van der Waals surface area contributed by atoms with Gasteiger partial charge in [0.05, 0.1) is 0 Å². The average Bonchev–Trinajstić information content (AvgIpc) is 2.58. The maximum absolute atomic E-state index is 9.86. The summed E-state index contributed by atoms with van der Waals surface area (Å²) in [5.74, 6) is 0. The summed E-state index contributed by atoms with van der Waals surface area (Å²) in [6, 6.07) is 1.88. The first kappa shape index (κ1) is 10.9. The van der Waals surface area contributed by atoms with E-state index in [9.17, 15) is 4.79 Å². The van der Waals surface area contributed by atoms with Gasteiger partial charge >= 0.3 is 0 Å². The van der Waals surface area contributed by atoms with Gasteiger partial charge in [0.25, 0.3) is 0 Å². The summed E-state index contributed by atoms with van der Waals surface area (Å²) in [6.07, 6.45) is 5.03. The molecule has 0 saturated carbocycles. The average molecular weight is 169 g/mol. The zero-order valence-electron chi connectivity index (χ0n) is 7.54. The number of ether oxygens (including phenoxy) is 1. The van der Waals surface area contributed by atoms with Gasteiger partial charge in [0.15, 0.2) is 0 Å². The Balaban J connectivity index is 0.000000261. The first-order valence-corrected chi connectivity index (χ1v) is 3.89. The monoisotopic (exact) mass is 169 g/mol. The van der Waals surface area contributed by atoms with Crippen LogP contribution in [0.5, 0.6) is 0 Å². The molecule has 0 amide bonds. The molecule has 3 heteroatoms. The highest BCUT2D eigenvalue weighted by Gasteiger charge is 1.86. The van der Waals surface area contributed by atoms with E-state index in [1.807, 2.05) is 19.2 Å². The highest BCUT2D eigenvalue weighted by molar-refractivity contribution is 5.54. The van der Waals surface area contributed by atoms with Crippen molar-refractivity contribution in [1.29, 1.82) is 0 Å². The molecule has 0 saturated heterocycles. The van der Waals surface area contributed by atoms with Gasteiger partial charge in [0.2, 0.25) is 0 Å². The summed E-state index contributed by atoms with van der Waals surface area (Å²) < 4.78 is 4.54. The summed E-state index contributed by atoms with van der Waals surface area (Å²) in [6.45, 7) is 2.78. The molecular formula is C9H15NO2. The Morgan fingerprint density at radius 2 is 2.33 bits per heavy atom. The molecule has 1 aromatic rings. The van der Waals surface area contributed by atoms with Crippen molar-refractivity contribution in [3.05, 3.63) is 24.0 Å². The van der Waals surface area contributed by atoms with E-state index in [4.69, 9.17) is 0 Å². The Labute approximate surface area is 72.7 Å². The van der Waals surface area contributed by atoms with Gasteiger partial charge in [-0.3, -0.25) is 0 Å². The minimum Gasteiger partial charge on any atom is -0.385 e. The Kier molecular flexibility index (Phi) is 7.28. The van der Waals surface area contributed by atoms with E-state index >= 15 is 0 Å². The van der Waals surface area contributed by atoms with Crippen LogP contribution in [0.25, 0.3) is 0 Å². The summed E-state index contributed by atoms with van der Waals surface area (Å²) >= 11 is 0. The van der Waals surface area contributed by atoms with Gasteiger partial charge in [-0.05, 0) is 18.6 Å². The third kappa shape index (κ3) is 5.68. The van der Waals surface area contributed by atoms with Crippen molar-refractivity contribution in [2.24, 2.45) is 0 Å². The van der Waals surface area contributed by atoms with Crippen molar-refractivity contribution in [1.82, 2.24) is 4.98 Å². The molecule has 0 aliphatic heterocycles. The van der Waals surface area contributed by atoms with Crippen molar-refractivity contribution < 1.29 is 9.53 Å². The number of nitrogens with one attached hydrogen (secondary N) is 1. The van der Waals surface area contributed by atoms with E-state index in [2.05, 4.69) is 9.72 Å². The lowest BCUT2D eigenvalue weighted by Crippen LogP contribution is -1.78. The number of aldehydes is 1. The second kappa shape index (κ2) is 8.01. The summed E-state index contributed by atoms with van der Waals surface area (Å²) in [5, 5.41) is 0. The van der Waals surface area contributed by atoms with E-state index in [0.29, 0.717) is 6.42 Å². The summed E-state index contributed by atoms with van der Waals surface area (Å²) in [5.41, 5.74) is 1.04. The van der Waals surface area contributed by atoms with E-state index in [-0.39, 0.29) is 0 Å². The zero-order valence-corrected chi connectivity index (χ0v) is 7.54. The molecular weight excluding hydrogens is 154 g/mol. The van der Waals surface area contributed by atoms with Crippen LogP contribution >= 0.6 is 0 Å². The van der Waals surface area contributed by atoms with E-state index in [1.165, 1.54) is 0 Å². The maximum Gasteiger partial charge on any atom is 0.124 e. The first-order valence-electron chi connectivity index (χ1n) is 3.89. The molecule has 12 heavy (non-hydrogen) atoms. The fraction of sp³-hybridized carbons (Fsp3) is 0.444. The Bertz CT molecular complexity index is 180. The Morgan fingerprint density at radius 3 is 2.67 bits per heavy atom. The number of aromatic amines is 1. The first-order chi connectivity index (χ1) is 5.85. The van der Waals surface area contributed by atoms with Crippen molar-refractivity contribution in [3.63, 3.8) is 0 Å². The molecule has 1 N–H and O–H groups in total. The highest BCUT2D eigenvalue weighted by atomic mass is 16.5. The number of methoxy groups -OCH3 is 1. The van der Waals surface area contributed by atoms with Crippen LogP contribution in [-0.2, 0) is 16.0 Å². The van der Waals surface area contributed by atoms with E-state index in [1.54, 1.807) is 13.3 Å². The number of hydrogen-bond donors (Lipinski definition) is 1. The molecule has 0 fully saturated rings. The lowest BCUT2D eigenvalue weighted by atomic mass is 10.3. The molecule has 0 aromatic carbocycles.